The van der Waals surface area contributed by atoms with E-state index in [0.29, 0.717) is 18.6 Å². The second-order valence-electron chi connectivity index (χ2n) is 10.7. The van der Waals surface area contributed by atoms with Crippen LogP contribution in [0.4, 0.5) is 5.69 Å². The molecule has 2 fully saturated rings. The summed E-state index contributed by atoms with van der Waals surface area (Å²) in [5.74, 6) is 0.00711. The van der Waals surface area contributed by atoms with Crippen LogP contribution in [0.2, 0.25) is 0 Å². The Kier molecular flexibility index (Phi) is 14.1. The van der Waals surface area contributed by atoms with E-state index in [-0.39, 0.29) is 42.9 Å². The van der Waals surface area contributed by atoms with Crippen LogP contribution in [0.5, 0.6) is 0 Å². The van der Waals surface area contributed by atoms with Gasteiger partial charge in [0, 0.05) is 30.8 Å². The van der Waals surface area contributed by atoms with E-state index in [1.165, 1.54) is 50.7 Å². The lowest BCUT2D eigenvalue weighted by atomic mass is 9.88. The number of rotatable bonds is 13. The first-order chi connectivity index (χ1) is 17.9. The van der Waals surface area contributed by atoms with E-state index in [0.717, 1.165) is 57.3 Å². The van der Waals surface area contributed by atoms with E-state index in [1.54, 1.807) is 17.0 Å². The molecule has 0 radical (unpaired) electrons. The van der Waals surface area contributed by atoms with Crippen LogP contribution in [0.15, 0.2) is 24.3 Å². The van der Waals surface area contributed by atoms with E-state index in [4.69, 9.17) is 0 Å². The van der Waals surface area contributed by atoms with Crippen molar-refractivity contribution in [3.8, 4) is 0 Å². The average Bonchev–Trinajstić information content (AvgIpc) is 2.92. The summed E-state index contributed by atoms with van der Waals surface area (Å²) in [7, 11) is 0. The van der Waals surface area contributed by atoms with Crippen LogP contribution in [-0.4, -0.2) is 76.2 Å². The Morgan fingerprint density at radius 3 is 1.84 bits per heavy atom. The molecule has 1 aromatic rings. The van der Waals surface area contributed by atoms with Gasteiger partial charge in [-0.05, 0) is 57.3 Å². The molecule has 0 spiro atoms. The van der Waals surface area contributed by atoms with Crippen LogP contribution in [0.25, 0.3) is 0 Å². The Balaban J connectivity index is 0.00000507. The fraction of sp³-hybridized carbons (Fsp3) is 0.724. The molecule has 2 aliphatic carbocycles. The Morgan fingerprint density at radius 1 is 0.842 bits per heavy atom. The van der Waals surface area contributed by atoms with Crippen LogP contribution in [-0.2, 0) is 16.0 Å². The highest BCUT2D eigenvalue weighted by Crippen LogP contribution is 2.30. The summed E-state index contributed by atoms with van der Waals surface area (Å²) in [6, 6.07) is 6.75. The maximum Gasteiger partial charge on any atom is 0.269 e. The van der Waals surface area contributed by atoms with Gasteiger partial charge in [-0.25, -0.2) is 0 Å². The summed E-state index contributed by atoms with van der Waals surface area (Å²) in [5, 5.41) is 11.0. The lowest BCUT2D eigenvalue weighted by molar-refractivity contribution is -0.384. The third-order valence-corrected chi connectivity index (χ3v) is 8.20. The zero-order chi connectivity index (χ0) is 26.6. The van der Waals surface area contributed by atoms with Gasteiger partial charge in [0.25, 0.3) is 5.69 Å². The van der Waals surface area contributed by atoms with Crippen LogP contribution in [0, 0.1) is 10.1 Å². The highest BCUT2D eigenvalue weighted by Gasteiger charge is 2.33. The molecule has 2 saturated carbocycles. The molecule has 8 nitrogen and oxygen atoms in total. The molecule has 0 aromatic heterocycles. The molecule has 214 valence electrons. The van der Waals surface area contributed by atoms with Gasteiger partial charge in [-0.3, -0.25) is 19.7 Å². The lowest BCUT2D eigenvalue weighted by Crippen LogP contribution is -2.53. The third-order valence-electron chi connectivity index (χ3n) is 8.20. The molecule has 0 saturated heterocycles. The summed E-state index contributed by atoms with van der Waals surface area (Å²) >= 11 is 0. The molecule has 0 bridgehead atoms. The summed E-state index contributed by atoms with van der Waals surface area (Å²) in [4.78, 5) is 44.2. The Labute approximate surface area is 234 Å². The highest BCUT2D eigenvalue weighted by molar-refractivity contribution is 5.86. The minimum Gasteiger partial charge on any atom is -0.335 e. The second-order valence-corrected chi connectivity index (χ2v) is 10.7. The first-order valence-electron chi connectivity index (χ1n) is 14.5. The molecule has 0 atom stereocenters. The van der Waals surface area contributed by atoms with E-state index in [2.05, 4.69) is 23.6 Å². The van der Waals surface area contributed by atoms with Crippen LogP contribution in [0.1, 0.15) is 90.0 Å². The molecule has 1 aromatic carbocycles. The van der Waals surface area contributed by atoms with Crippen molar-refractivity contribution in [2.24, 2.45) is 0 Å². The molecule has 0 heterocycles. The third kappa shape index (κ3) is 9.53. The molecule has 0 N–H and O–H groups in total. The number of non-ortho nitro benzene ring substituents is 1. The predicted octanol–water partition coefficient (Wildman–Crippen LogP) is 5.61. The zero-order valence-corrected chi connectivity index (χ0v) is 24.1. The number of hydrogen-bond donors (Lipinski definition) is 0. The molecule has 3 rings (SSSR count). The van der Waals surface area contributed by atoms with Crippen molar-refractivity contribution < 1.29 is 14.5 Å². The largest absolute Gasteiger partial charge is 0.335 e. The van der Waals surface area contributed by atoms with Gasteiger partial charge < -0.3 is 14.7 Å². The molecule has 2 aliphatic rings. The fourth-order valence-corrected chi connectivity index (χ4v) is 6.01. The monoisotopic (exact) mass is 550 g/mol. The van der Waals surface area contributed by atoms with E-state index < -0.39 is 4.92 Å². The summed E-state index contributed by atoms with van der Waals surface area (Å²) in [6.07, 6.45) is 12.4. The number of hydrogen-bond acceptors (Lipinski definition) is 5. The van der Waals surface area contributed by atoms with Crippen molar-refractivity contribution in [1.82, 2.24) is 14.7 Å². The molecule has 0 aliphatic heterocycles. The number of halogens is 1. The predicted molar refractivity (Wildman–Crippen MR) is 154 cm³/mol. The number of nitrogens with zero attached hydrogens (tertiary/aromatic N) is 4. The first kappa shape index (κ1) is 32.0. The van der Waals surface area contributed by atoms with Gasteiger partial charge in [0.2, 0.25) is 11.8 Å². The quantitative estimate of drug-likeness (QED) is 0.235. The van der Waals surface area contributed by atoms with Gasteiger partial charge >= 0.3 is 0 Å². The van der Waals surface area contributed by atoms with Gasteiger partial charge in [-0.2, -0.15) is 0 Å². The zero-order valence-electron chi connectivity index (χ0n) is 23.3. The SMILES string of the molecule is CCN(CC)CCCN(CC(=O)N(C1CCCCC1)C1CCCCC1)C(=O)Cc1ccc([N+](=O)[O-])cc1.Cl. The fourth-order valence-electron chi connectivity index (χ4n) is 6.01. The van der Waals surface area contributed by atoms with Crippen LogP contribution in [0.3, 0.4) is 0 Å². The molecule has 0 unspecified atom stereocenters. The highest BCUT2D eigenvalue weighted by atomic mass is 35.5. The Hall–Kier alpha value is -2.19. The van der Waals surface area contributed by atoms with Crippen LogP contribution < -0.4 is 0 Å². The molecule has 9 heteroatoms. The number of carbonyl (C=O) groups is 2. The van der Waals surface area contributed by atoms with Crippen molar-refractivity contribution in [3.05, 3.63) is 39.9 Å². The minimum absolute atomic E-state index is 0. The number of amides is 2. The van der Waals surface area contributed by atoms with Gasteiger partial charge in [-0.15, -0.1) is 12.4 Å². The Morgan fingerprint density at radius 2 is 1.37 bits per heavy atom. The number of nitro groups is 1. The van der Waals surface area contributed by atoms with E-state index >= 15 is 0 Å². The number of carbonyl (C=O) groups excluding carboxylic acids is 2. The van der Waals surface area contributed by atoms with Crippen molar-refractivity contribution in [3.63, 3.8) is 0 Å². The van der Waals surface area contributed by atoms with E-state index in [1.807, 2.05) is 0 Å². The maximum atomic E-state index is 13.9. The molecular weight excluding hydrogens is 504 g/mol. The molecular formula is C29H47ClN4O4. The second kappa shape index (κ2) is 16.7. The van der Waals surface area contributed by atoms with Crippen molar-refractivity contribution in [1.29, 1.82) is 0 Å². The topological polar surface area (TPSA) is 87.0 Å². The summed E-state index contributed by atoms with van der Waals surface area (Å²) in [5.41, 5.74) is 0.742. The van der Waals surface area contributed by atoms with Gasteiger partial charge in [-0.1, -0.05) is 64.5 Å². The van der Waals surface area contributed by atoms with Gasteiger partial charge in [0.15, 0.2) is 0 Å². The minimum atomic E-state index is -0.436. The lowest BCUT2D eigenvalue weighted by Gasteiger charge is -2.42. The van der Waals surface area contributed by atoms with Gasteiger partial charge in [0.05, 0.1) is 17.9 Å². The van der Waals surface area contributed by atoms with Crippen LogP contribution >= 0.6 is 12.4 Å². The smallest absolute Gasteiger partial charge is 0.269 e. The molecule has 2 amide bonds. The summed E-state index contributed by atoms with van der Waals surface area (Å²) < 4.78 is 0. The average molecular weight is 551 g/mol. The molecule has 38 heavy (non-hydrogen) atoms. The normalized spacial score (nSPS) is 16.6. The van der Waals surface area contributed by atoms with Crippen molar-refractivity contribution in [2.75, 3.05) is 32.7 Å². The Bertz CT molecular complexity index is 848. The number of benzene rings is 1. The maximum absolute atomic E-state index is 13.9. The van der Waals surface area contributed by atoms with E-state index in [9.17, 15) is 19.7 Å². The number of nitro benzene ring substituents is 1. The van der Waals surface area contributed by atoms with Crippen molar-refractivity contribution >= 4 is 29.9 Å². The standard InChI is InChI=1S/C29H46N4O4.ClH/c1-3-30(4-2)20-11-21-31(28(34)22-24-16-18-27(19-17-24)33(36)37)23-29(35)32(25-12-7-5-8-13-25)26-14-9-6-10-15-26;/h16-19,25-26H,3-15,20-23H2,1-2H3;1H. The van der Waals surface area contributed by atoms with Crippen molar-refractivity contribution in [2.45, 2.75) is 103 Å². The van der Waals surface area contributed by atoms with Gasteiger partial charge in [0.1, 0.15) is 0 Å². The summed E-state index contributed by atoms with van der Waals surface area (Å²) in [6.45, 7) is 7.74. The first-order valence-corrected chi connectivity index (χ1v) is 14.5.